The van der Waals surface area contributed by atoms with Gasteiger partial charge in [0.1, 0.15) is 5.75 Å². The van der Waals surface area contributed by atoms with Gasteiger partial charge in [-0.1, -0.05) is 22.0 Å². The molecule has 0 unspecified atom stereocenters. The molecule has 0 fully saturated rings. The van der Waals surface area contributed by atoms with Gasteiger partial charge >= 0.3 is 0 Å². The highest BCUT2D eigenvalue weighted by atomic mass is 79.9. The minimum absolute atomic E-state index is 0.0998. The third-order valence-corrected chi connectivity index (χ3v) is 2.36. The molecular formula is C9H12BrNO2. The number of phenols is 1. The van der Waals surface area contributed by atoms with Gasteiger partial charge in [0, 0.05) is 10.0 Å². The Balaban J connectivity index is 3.01. The molecule has 4 heteroatoms. The third kappa shape index (κ3) is 2.43. The van der Waals surface area contributed by atoms with Gasteiger partial charge in [0.05, 0.1) is 12.1 Å². The van der Waals surface area contributed by atoms with E-state index < -0.39 is 12.1 Å². The number of hydrogen-bond acceptors (Lipinski definition) is 3. The average molecular weight is 246 g/mol. The maximum Gasteiger partial charge on any atom is 0.121 e. The maximum absolute atomic E-state index is 9.49. The molecule has 0 saturated carbocycles. The Bertz CT molecular complexity index is 302. The second-order valence-corrected chi connectivity index (χ2v) is 3.89. The fourth-order valence-electron chi connectivity index (χ4n) is 1.06. The van der Waals surface area contributed by atoms with Gasteiger partial charge in [-0.25, -0.2) is 0 Å². The number of rotatable bonds is 2. The number of phenolic OH excluding ortho intramolecular Hbond substituents is 1. The van der Waals surface area contributed by atoms with Crippen molar-refractivity contribution in [3.05, 3.63) is 28.2 Å². The van der Waals surface area contributed by atoms with E-state index in [1.54, 1.807) is 25.1 Å². The van der Waals surface area contributed by atoms with Gasteiger partial charge in [0.25, 0.3) is 0 Å². The molecule has 13 heavy (non-hydrogen) atoms. The zero-order valence-electron chi connectivity index (χ0n) is 7.24. The first-order chi connectivity index (χ1) is 6.02. The van der Waals surface area contributed by atoms with Crippen molar-refractivity contribution in [3.8, 4) is 5.75 Å². The summed E-state index contributed by atoms with van der Waals surface area (Å²) in [5.41, 5.74) is 6.22. The summed E-state index contributed by atoms with van der Waals surface area (Å²) >= 11 is 3.22. The number of nitrogens with two attached hydrogens (primary N) is 1. The molecule has 4 N–H and O–H groups in total. The van der Waals surface area contributed by atoms with E-state index in [0.717, 1.165) is 4.47 Å². The monoisotopic (exact) mass is 245 g/mol. The largest absolute Gasteiger partial charge is 0.508 e. The molecule has 2 atom stereocenters. The van der Waals surface area contributed by atoms with Crippen LogP contribution in [0.4, 0.5) is 0 Å². The molecule has 0 bridgehead atoms. The van der Waals surface area contributed by atoms with Gasteiger partial charge in [0.15, 0.2) is 0 Å². The highest BCUT2D eigenvalue weighted by molar-refractivity contribution is 9.10. The van der Waals surface area contributed by atoms with E-state index in [9.17, 15) is 10.2 Å². The lowest BCUT2D eigenvalue weighted by Gasteiger charge is -2.16. The molecule has 0 aliphatic carbocycles. The van der Waals surface area contributed by atoms with Gasteiger partial charge < -0.3 is 15.9 Å². The summed E-state index contributed by atoms with van der Waals surface area (Å²) in [6.45, 7) is 1.59. The van der Waals surface area contributed by atoms with Gasteiger partial charge in [-0.05, 0) is 19.1 Å². The fraction of sp³-hybridized carbons (Fsp3) is 0.333. The minimum atomic E-state index is -0.674. The maximum atomic E-state index is 9.49. The average Bonchev–Trinajstić information content (AvgIpc) is 2.03. The molecule has 3 nitrogen and oxygen atoms in total. The van der Waals surface area contributed by atoms with Crippen molar-refractivity contribution in [1.82, 2.24) is 0 Å². The topological polar surface area (TPSA) is 66.5 Å². The van der Waals surface area contributed by atoms with E-state index in [1.165, 1.54) is 0 Å². The normalized spacial score (nSPS) is 15.4. The number of aromatic hydroxyl groups is 1. The van der Waals surface area contributed by atoms with E-state index >= 15 is 0 Å². The van der Waals surface area contributed by atoms with Crippen LogP contribution in [0.15, 0.2) is 22.7 Å². The quantitative estimate of drug-likeness (QED) is 0.741. The summed E-state index contributed by atoms with van der Waals surface area (Å²) in [6.07, 6.45) is -0.674. The summed E-state index contributed by atoms with van der Waals surface area (Å²) in [7, 11) is 0. The molecule has 0 spiro atoms. The Morgan fingerprint density at radius 2 is 2.08 bits per heavy atom. The molecule has 72 valence electrons. The van der Waals surface area contributed by atoms with Crippen LogP contribution in [0.5, 0.6) is 5.75 Å². The molecule has 1 aromatic carbocycles. The molecule has 0 saturated heterocycles. The first-order valence-electron chi connectivity index (χ1n) is 3.94. The highest BCUT2D eigenvalue weighted by Crippen LogP contribution is 2.27. The molecule has 0 aromatic heterocycles. The predicted octanol–water partition coefficient (Wildman–Crippen LogP) is 1.54. The van der Waals surface area contributed by atoms with Crippen molar-refractivity contribution in [2.75, 3.05) is 0 Å². The Kier molecular flexibility index (Phi) is 3.30. The zero-order chi connectivity index (χ0) is 10.0. The molecular weight excluding hydrogens is 234 g/mol. The molecule has 1 rings (SSSR count). The van der Waals surface area contributed by atoms with Crippen LogP contribution >= 0.6 is 15.9 Å². The van der Waals surface area contributed by atoms with Crippen molar-refractivity contribution in [2.24, 2.45) is 5.73 Å². The van der Waals surface area contributed by atoms with Crippen molar-refractivity contribution < 1.29 is 10.2 Å². The lowest BCUT2D eigenvalue weighted by atomic mass is 10.0. The Labute approximate surface area is 85.3 Å². The van der Waals surface area contributed by atoms with Crippen LogP contribution in [-0.2, 0) is 0 Å². The van der Waals surface area contributed by atoms with Crippen LogP contribution in [0.3, 0.4) is 0 Å². The van der Waals surface area contributed by atoms with E-state index in [-0.39, 0.29) is 5.75 Å². The van der Waals surface area contributed by atoms with Gasteiger partial charge in [-0.3, -0.25) is 0 Å². The van der Waals surface area contributed by atoms with Crippen LogP contribution in [-0.4, -0.2) is 16.3 Å². The molecule has 1 aromatic rings. The van der Waals surface area contributed by atoms with Crippen LogP contribution < -0.4 is 5.73 Å². The van der Waals surface area contributed by atoms with Crippen molar-refractivity contribution in [3.63, 3.8) is 0 Å². The van der Waals surface area contributed by atoms with Crippen LogP contribution in [0.2, 0.25) is 0 Å². The predicted molar refractivity (Wildman–Crippen MR) is 54.4 cm³/mol. The van der Waals surface area contributed by atoms with E-state index in [0.29, 0.717) is 5.56 Å². The van der Waals surface area contributed by atoms with E-state index in [4.69, 9.17) is 5.73 Å². The first-order valence-corrected chi connectivity index (χ1v) is 4.73. The zero-order valence-corrected chi connectivity index (χ0v) is 8.82. The standard InChI is InChI=1S/C9H12BrNO2/c1-5(12)9(11)7-3-2-6(10)4-8(7)13/h2-5,9,12-13H,11H2,1H3/t5-,9+/m0/s1. The fourth-order valence-corrected chi connectivity index (χ4v) is 1.41. The van der Waals surface area contributed by atoms with Crippen molar-refractivity contribution >= 4 is 15.9 Å². The Morgan fingerprint density at radius 1 is 1.46 bits per heavy atom. The lowest BCUT2D eigenvalue weighted by molar-refractivity contribution is 0.163. The summed E-state index contributed by atoms with van der Waals surface area (Å²) in [4.78, 5) is 0. The Hall–Kier alpha value is -0.580. The molecule has 0 aliphatic rings. The molecule has 0 radical (unpaired) electrons. The van der Waals surface area contributed by atoms with Gasteiger partial charge in [-0.15, -0.1) is 0 Å². The van der Waals surface area contributed by atoms with E-state index in [1.807, 2.05) is 0 Å². The van der Waals surface area contributed by atoms with Crippen LogP contribution in [0.1, 0.15) is 18.5 Å². The van der Waals surface area contributed by atoms with E-state index in [2.05, 4.69) is 15.9 Å². The third-order valence-electron chi connectivity index (χ3n) is 1.87. The van der Waals surface area contributed by atoms with Crippen LogP contribution in [0.25, 0.3) is 0 Å². The molecule has 0 heterocycles. The van der Waals surface area contributed by atoms with Crippen molar-refractivity contribution in [2.45, 2.75) is 19.1 Å². The minimum Gasteiger partial charge on any atom is -0.508 e. The number of aliphatic hydroxyl groups excluding tert-OH is 1. The SMILES string of the molecule is C[C@H](O)[C@@H](N)c1ccc(Br)cc1O. The summed E-state index contributed by atoms with van der Waals surface area (Å²) in [6, 6.07) is 4.47. The summed E-state index contributed by atoms with van der Waals surface area (Å²) < 4.78 is 0.784. The van der Waals surface area contributed by atoms with Gasteiger partial charge in [0.2, 0.25) is 0 Å². The lowest BCUT2D eigenvalue weighted by Crippen LogP contribution is -2.23. The summed E-state index contributed by atoms with van der Waals surface area (Å²) in [5, 5.41) is 18.7. The molecule has 0 aliphatic heterocycles. The van der Waals surface area contributed by atoms with Crippen LogP contribution in [0, 0.1) is 0 Å². The smallest absolute Gasteiger partial charge is 0.121 e. The number of halogens is 1. The number of benzene rings is 1. The second kappa shape index (κ2) is 4.09. The number of hydrogen-bond donors (Lipinski definition) is 3. The number of aliphatic hydroxyl groups is 1. The molecule has 0 amide bonds. The van der Waals surface area contributed by atoms with Crippen molar-refractivity contribution in [1.29, 1.82) is 0 Å². The Morgan fingerprint density at radius 3 is 2.54 bits per heavy atom. The highest BCUT2D eigenvalue weighted by Gasteiger charge is 2.15. The summed E-state index contributed by atoms with van der Waals surface area (Å²) in [5.74, 6) is 0.0998. The second-order valence-electron chi connectivity index (χ2n) is 2.97. The van der Waals surface area contributed by atoms with Gasteiger partial charge in [-0.2, -0.15) is 0 Å². The first kappa shape index (κ1) is 10.5.